The Bertz CT molecular complexity index is 969. The predicted octanol–water partition coefficient (Wildman–Crippen LogP) is 15.8. The maximum Gasteiger partial charge on any atom is 0.306 e. The first-order valence-electron chi connectivity index (χ1n) is 24.5. The minimum Gasteiger partial charge on any atom is -0.462 e. The number of hydrogen-bond donors (Lipinski definition) is 0. The van der Waals surface area contributed by atoms with Crippen molar-refractivity contribution < 1.29 is 28.6 Å². The second-order valence-electron chi connectivity index (χ2n) is 16.3. The Kier molecular flexibility index (Phi) is 44.4. The van der Waals surface area contributed by atoms with Gasteiger partial charge in [0.15, 0.2) is 6.10 Å². The fourth-order valence-electron chi connectivity index (χ4n) is 6.93. The number of carbonyl (C=O) groups excluding carboxylic acids is 3. The van der Waals surface area contributed by atoms with E-state index in [2.05, 4.69) is 57.2 Å². The number of ether oxygens (including phenoxy) is 3. The van der Waals surface area contributed by atoms with Gasteiger partial charge in [-0.1, -0.05) is 205 Å². The van der Waals surface area contributed by atoms with Gasteiger partial charge in [0.25, 0.3) is 0 Å². The molecular formula is C51H92O6. The lowest BCUT2D eigenvalue weighted by atomic mass is 10.0. The first-order valence-corrected chi connectivity index (χ1v) is 24.5. The summed E-state index contributed by atoms with van der Waals surface area (Å²) in [6, 6.07) is 0. The van der Waals surface area contributed by atoms with Crippen LogP contribution in [0.25, 0.3) is 0 Å². The van der Waals surface area contributed by atoms with Gasteiger partial charge in [-0.3, -0.25) is 14.4 Å². The summed E-state index contributed by atoms with van der Waals surface area (Å²) >= 11 is 0. The fraction of sp³-hybridized carbons (Fsp3) is 0.824. The third-order valence-electron chi connectivity index (χ3n) is 10.6. The lowest BCUT2D eigenvalue weighted by Gasteiger charge is -2.18. The molecule has 0 aromatic heterocycles. The second kappa shape index (κ2) is 46.3. The van der Waals surface area contributed by atoms with Crippen LogP contribution in [0.3, 0.4) is 0 Å². The summed E-state index contributed by atoms with van der Waals surface area (Å²) in [5.41, 5.74) is 0. The molecule has 0 amide bonds. The lowest BCUT2D eigenvalue weighted by Crippen LogP contribution is -2.30. The minimum absolute atomic E-state index is 0.0833. The molecule has 0 aliphatic rings. The average molecular weight is 801 g/mol. The zero-order chi connectivity index (χ0) is 41.5. The van der Waals surface area contributed by atoms with Crippen molar-refractivity contribution in [1.82, 2.24) is 0 Å². The molecule has 0 fully saturated rings. The monoisotopic (exact) mass is 801 g/mol. The predicted molar refractivity (Wildman–Crippen MR) is 242 cm³/mol. The molecule has 1 atom stereocenters. The van der Waals surface area contributed by atoms with Gasteiger partial charge >= 0.3 is 17.9 Å². The summed E-state index contributed by atoms with van der Waals surface area (Å²) in [6.45, 7) is 6.45. The van der Waals surface area contributed by atoms with Crippen LogP contribution in [0.2, 0.25) is 0 Å². The van der Waals surface area contributed by atoms with Gasteiger partial charge in [0.05, 0.1) is 0 Å². The van der Waals surface area contributed by atoms with Gasteiger partial charge in [-0.05, 0) is 64.2 Å². The molecule has 0 aliphatic heterocycles. The maximum atomic E-state index is 12.7. The smallest absolute Gasteiger partial charge is 0.306 e. The summed E-state index contributed by atoms with van der Waals surface area (Å²) in [5.74, 6) is -0.926. The van der Waals surface area contributed by atoms with Gasteiger partial charge < -0.3 is 14.2 Å². The Morgan fingerprint density at radius 1 is 0.368 bits per heavy atom. The molecule has 0 bridgehead atoms. The van der Waals surface area contributed by atoms with Crippen molar-refractivity contribution in [3.8, 4) is 0 Å². The average Bonchev–Trinajstić information content (AvgIpc) is 3.21. The van der Waals surface area contributed by atoms with E-state index in [4.69, 9.17) is 14.2 Å². The molecule has 0 heterocycles. The summed E-state index contributed by atoms with van der Waals surface area (Å²) in [5, 5.41) is 0. The van der Waals surface area contributed by atoms with E-state index in [0.29, 0.717) is 19.3 Å². The van der Waals surface area contributed by atoms with Crippen LogP contribution in [-0.4, -0.2) is 37.2 Å². The molecule has 0 saturated heterocycles. The highest BCUT2D eigenvalue weighted by molar-refractivity contribution is 5.71. The SMILES string of the molecule is CC/C=C\C/C=C\CCCCC(=O)OCC(COC(=O)CCCCCCCCCCCCCCCCCCCCC)OC(=O)CCCCCCC/C=C\CCCC. The van der Waals surface area contributed by atoms with Crippen LogP contribution in [-0.2, 0) is 28.6 Å². The normalized spacial score (nSPS) is 12.3. The molecule has 0 aromatic carbocycles. The van der Waals surface area contributed by atoms with Crippen LogP contribution >= 0.6 is 0 Å². The summed E-state index contributed by atoms with van der Waals surface area (Å²) in [6.07, 6.45) is 52.9. The van der Waals surface area contributed by atoms with Crippen molar-refractivity contribution in [2.45, 2.75) is 258 Å². The minimum atomic E-state index is -0.783. The quantitative estimate of drug-likeness (QED) is 0.0264. The van der Waals surface area contributed by atoms with Gasteiger partial charge in [-0.15, -0.1) is 0 Å². The number of esters is 3. The van der Waals surface area contributed by atoms with E-state index in [0.717, 1.165) is 83.5 Å². The Morgan fingerprint density at radius 3 is 1.16 bits per heavy atom. The Labute approximate surface area is 353 Å². The molecule has 1 unspecified atom stereocenters. The van der Waals surface area contributed by atoms with Crippen molar-refractivity contribution >= 4 is 17.9 Å². The van der Waals surface area contributed by atoms with Crippen LogP contribution in [0.15, 0.2) is 36.5 Å². The molecule has 0 saturated carbocycles. The third kappa shape index (κ3) is 44.6. The van der Waals surface area contributed by atoms with Gasteiger partial charge in [0, 0.05) is 19.3 Å². The lowest BCUT2D eigenvalue weighted by molar-refractivity contribution is -0.167. The Morgan fingerprint density at radius 2 is 0.702 bits per heavy atom. The molecule has 0 rings (SSSR count). The molecule has 0 aliphatic carbocycles. The van der Waals surface area contributed by atoms with Crippen LogP contribution in [0, 0.1) is 0 Å². The van der Waals surface area contributed by atoms with Crippen LogP contribution in [0.1, 0.15) is 252 Å². The van der Waals surface area contributed by atoms with Gasteiger partial charge in [0.1, 0.15) is 13.2 Å². The number of allylic oxidation sites excluding steroid dienone is 6. The van der Waals surface area contributed by atoms with Gasteiger partial charge in [-0.25, -0.2) is 0 Å². The molecule has 57 heavy (non-hydrogen) atoms. The molecule has 6 nitrogen and oxygen atoms in total. The van der Waals surface area contributed by atoms with Crippen LogP contribution < -0.4 is 0 Å². The summed E-state index contributed by atoms with van der Waals surface area (Å²) in [4.78, 5) is 37.7. The van der Waals surface area contributed by atoms with E-state index in [1.807, 2.05) is 0 Å². The molecule has 0 N–H and O–H groups in total. The van der Waals surface area contributed by atoms with E-state index >= 15 is 0 Å². The first kappa shape index (κ1) is 54.6. The zero-order valence-electron chi connectivity index (χ0n) is 37.9. The number of carbonyl (C=O) groups is 3. The summed E-state index contributed by atoms with van der Waals surface area (Å²) in [7, 11) is 0. The molecule has 0 spiro atoms. The van der Waals surface area contributed by atoms with Crippen molar-refractivity contribution in [3.05, 3.63) is 36.5 Å². The number of rotatable bonds is 44. The molecular weight excluding hydrogens is 709 g/mol. The largest absolute Gasteiger partial charge is 0.462 e. The van der Waals surface area contributed by atoms with E-state index in [1.165, 1.54) is 128 Å². The topological polar surface area (TPSA) is 78.9 Å². The highest BCUT2D eigenvalue weighted by Gasteiger charge is 2.19. The highest BCUT2D eigenvalue weighted by Crippen LogP contribution is 2.16. The molecule has 0 aromatic rings. The van der Waals surface area contributed by atoms with Crippen molar-refractivity contribution in [3.63, 3.8) is 0 Å². The highest BCUT2D eigenvalue weighted by atomic mass is 16.6. The zero-order valence-corrected chi connectivity index (χ0v) is 37.9. The standard InChI is InChI=1S/C51H92O6/c1-4-7-10-13-16-19-21-22-23-24-25-26-27-28-30-32-35-38-41-44-50(53)56-47-48(46-55-49(52)43-40-37-34-31-18-15-12-9-6-3)57-51(54)45-42-39-36-33-29-20-17-14-11-8-5-2/h9,12,14,17-18,31,48H,4-8,10-11,13,15-16,19-30,32-47H2,1-3H3/b12-9-,17-14-,31-18-. The number of unbranched alkanes of at least 4 members (excludes halogenated alkanes) is 27. The fourth-order valence-corrected chi connectivity index (χ4v) is 6.93. The molecule has 6 heteroatoms. The molecule has 332 valence electrons. The Hall–Kier alpha value is -2.37. The van der Waals surface area contributed by atoms with Crippen LogP contribution in [0.4, 0.5) is 0 Å². The van der Waals surface area contributed by atoms with E-state index in [1.54, 1.807) is 0 Å². The second-order valence-corrected chi connectivity index (χ2v) is 16.3. The molecule has 0 radical (unpaired) electrons. The Balaban J connectivity index is 4.25. The third-order valence-corrected chi connectivity index (χ3v) is 10.6. The maximum absolute atomic E-state index is 12.7. The number of hydrogen-bond acceptors (Lipinski definition) is 6. The van der Waals surface area contributed by atoms with Crippen LogP contribution in [0.5, 0.6) is 0 Å². The van der Waals surface area contributed by atoms with E-state index in [-0.39, 0.29) is 31.1 Å². The van der Waals surface area contributed by atoms with Crippen molar-refractivity contribution in [1.29, 1.82) is 0 Å². The van der Waals surface area contributed by atoms with Crippen molar-refractivity contribution in [2.24, 2.45) is 0 Å². The summed E-state index contributed by atoms with van der Waals surface area (Å²) < 4.78 is 16.7. The van der Waals surface area contributed by atoms with Gasteiger partial charge in [0.2, 0.25) is 0 Å². The first-order chi connectivity index (χ1) is 28.0. The van der Waals surface area contributed by atoms with Crippen molar-refractivity contribution in [2.75, 3.05) is 13.2 Å². The van der Waals surface area contributed by atoms with Gasteiger partial charge in [-0.2, -0.15) is 0 Å². The van der Waals surface area contributed by atoms with E-state index < -0.39 is 6.10 Å². The van der Waals surface area contributed by atoms with E-state index in [9.17, 15) is 14.4 Å².